The molecule has 1 spiro atoms. The Bertz CT molecular complexity index is 146. The third-order valence-corrected chi connectivity index (χ3v) is 2.84. The van der Waals surface area contributed by atoms with Crippen LogP contribution in [0.4, 0.5) is 0 Å². The van der Waals surface area contributed by atoms with Crippen LogP contribution >= 0.6 is 0 Å². The molecular weight excluding hydrogens is 140 g/mol. The third-order valence-electron chi connectivity index (χ3n) is 2.84. The summed E-state index contributed by atoms with van der Waals surface area (Å²) in [6, 6.07) is 0.567. The van der Waals surface area contributed by atoms with Gasteiger partial charge in [-0.15, -0.1) is 0 Å². The molecule has 0 aromatic heterocycles. The van der Waals surface area contributed by atoms with E-state index in [2.05, 4.69) is 10.6 Å². The fraction of sp³-hybridized carbons (Fsp3) is 1.00. The largest absolute Gasteiger partial charge is 0.379 e. The quantitative estimate of drug-likeness (QED) is 0.479. The van der Waals surface area contributed by atoms with Crippen molar-refractivity contribution in [1.29, 1.82) is 0 Å². The molecule has 2 fully saturated rings. The molecule has 0 aromatic carbocycles. The van der Waals surface area contributed by atoms with E-state index in [1.165, 1.54) is 25.9 Å². The van der Waals surface area contributed by atoms with Crippen molar-refractivity contribution in [2.24, 2.45) is 5.41 Å². The van der Waals surface area contributed by atoms with E-state index >= 15 is 0 Å². The Kier molecular flexibility index (Phi) is 1.67. The maximum absolute atomic E-state index is 9.02. The Morgan fingerprint density at radius 3 is 2.55 bits per heavy atom. The molecule has 64 valence electrons. The predicted molar refractivity (Wildman–Crippen MR) is 43.1 cm³/mol. The fourth-order valence-electron chi connectivity index (χ4n) is 2.21. The van der Waals surface area contributed by atoms with Crippen LogP contribution in [-0.2, 0) is 0 Å². The molecule has 1 aliphatic heterocycles. The van der Waals surface area contributed by atoms with Crippen LogP contribution in [0.25, 0.3) is 0 Å². The van der Waals surface area contributed by atoms with Gasteiger partial charge >= 0.3 is 0 Å². The lowest BCUT2D eigenvalue weighted by molar-refractivity contribution is -0.00142. The normalized spacial score (nSPS) is 31.1. The van der Waals surface area contributed by atoms with E-state index in [9.17, 15) is 0 Å². The minimum absolute atomic E-state index is 0.342. The minimum Gasteiger partial charge on any atom is -0.379 e. The van der Waals surface area contributed by atoms with Gasteiger partial charge in [0.25, 0.3) is 0 Å². The van der Waals surface area contributed by atoms with Crippen molar-refractivity contribution in [3.8, 4) is 0 Å². The molecule has 3 heteroatoms. The molecule has 1 atom stereocenters. The molecule has 11 heavy (non-hydrogen) atoms. The van der Waals surface area contributed by atoms with Gasteiger partial charge in [-0.1, -0.05) is 0 Å². The summed E-state index contributed by atoms with van der Waals surface area (Å²) in [7, 11) is 0. The molecule has 1 saturated heterocycles. The molecule has 1 saturated carbocycles. The SMILES string of the molecule is CC(O)NC1CC2(CNC2)C1. The van der Waals surface area contributed by atoms with E-state index < -0.39 is 0 Å². The zero-order valence-electron chi connectivity index (χ0n) is 6.93. The number of aliphatic hydroxyl groups is 1. The first-order valence-electron chi connectivity index (χ1n) is 4.35. The van der Waals surface area contributed by atoms with Gasteiger partial charge in [-0.3, -0.25) is 5.32 Å². The summed E-state index contributed by atoms with van der Waals surface area (Å²) in [5, 5.41) is 15.4. The first-order valence-corrected chi connectivity index (χ1v) is 4.35. The van der Waals surface area contributed by atoms with Crippen molar-refractivity contribution >= 4 is 0 Å². The molecule has 0 bridgehead atoms. The predicted octanol–water partition coefficient (Wildman–Crippen LogP) is -0.334. The molecule has 0 amide bonds. The molecule has 3 N–H and O–H groups in total. The Labute approximate surface area is 67.2 Å². The van der Waals surface area contributed by atoms with Gasteiger partial charge in [0, 0.05) is 19.1 Å². The Balaban J connectivity index is 1.71. The molecule has 2 aliphatic rings. The highest BCUT2D eigenvalue weighted by atomic mass is 16.3. The zero-order chi connectivity index (χ0) is 7.90. The first-order chi connectivity index (χ1) is 5.20. The summed E-state index contributed by atoms with van der Waals surface area (Å²) < 4.78 is 0. The minimum atomic E-state index is -0.342. The van der Waals surface area contributed by atoms with Crippen molar-refractivity contribution in [1.82, 2.24) is 10.6 Å². The van der Waals surface area contributed by atoms with Crippen LogP contribution in [0.15, 0.2) is 0 Å². The lowest BCUT2D eigenvalue weighted by Gasteiger charge is -2.54. The van der Waals surface area contributed by atoms with Crippen molar-refractivity contribution in [3.63, 3.8) is 0 Å². The average molecular weight is 156 g/mol. The number of aliphatic hydroxyl groups excluding tert-OH is 1. The summed E-state index contributed by atoms with van der Waals surface area (Å²) in [4.78, 5) is 0. The number of hydrogen-bond donors (Lipinski definition) is 3. The standard InChI is InChI=1S/C8H16N2O/c1-6(11)10-7-2-8(3-7)4-9-5-8/h6-7,9-11H,2-5H2,1H3. The van der Waals surface area contributed by atoms with Gasteiger partial charge in [-0.25, -0.2) is 0 Å². The Morgan fingerprint density at radius 1 is 1.55 bits per heavy atom. The topological polar surface area (TPSA) is 44.3 Å². The summed E-state index contributed by atoms with van der Waals surface area (Å²) in [5.74, 6) is 0. The van der Waals surface area contributed by atoms with E-state index in [0.717, 1.165) is 0 Å². The van der Waals surface area contributed by atoms with Crippen molar-refractivity contribution in [3.05, 3.63) is 0 Å². The van der Waals surface area contributed by atoms with Crippen molar-refractivity contribution in [2.45, 2.75) is 32.0 Å². The van der Waals surface area contributed by atoms with Crippen LogP contribution in [0.3, 0.4) is 0 Å². The zero-order valence-corrected chi connectivity index (χ0v) is 6.93. The van der Waals surface area contributed by atoms with Crippen LogP contribution in [-0.4, -0.2) is 30.5 Å². The smallest absolute Gasteiger partial charge is 0.102 e. The first kappa shape index (κ1) is 7.53. The van der Waals surface area contributed by atoms with Crippen LogP contribution in [0.1, 0.15) is 19.8 Å². The molecule has 0 radical (unpaired) electrons. The monoisotopic (exact) mass is 156 g/mol. The molecule has 1 unspecified atom stereocenters. The van der Waals surface area contributed by atoms with Gasteiger partial charge in [0.2, 0.25) is 0 Å². The summed E-state index contributed by atoms with van der Waals surface area (Å²) >= 11 is 0. The van der Waals surface area contributed by atoms with E-state index in [0.29, 0.717) is 11.5 Å². The lowest BCUT2D eigenvalue weighted by Crippen LogP contribution is -2.65. The summed E-state index contributed by atoms with van der Waals surface area (Å²) in [5.41, 5.74) is 0.618. The van der Waals surface area contributed by atoms with Crippen LogP contribution in [0.5, 0.6) is 0 Å². The maximum Gasteiger partial charge on any atom is 0.102 e. The molecule has 1 aliphatic carbocycles. The molecular formula is C8H16N2O. The van der Waals surface area contributed by atoms with Crippen molar-refractivity contribution < 1.29 is 5.11 Å². The van der Waals surface area contributed by atoms with E-state index in [4.69, 9.17) is 5.11 Å². The van der Waals surface area contributed by atoms with Gasteiger partial charge in [0.05, 0.1) is 0 Å². The highest BCUT2D eigenvalue weighted by molar-refractivity contribution is 5.05. The second-order valence-corrected chi connectivity index (χ2v) is 4.05. The molecule has 2 rings (SSSR count). The Morgan fingerprint density at radius 2 is 2.18 bits per heavy atom. The van der Waals surface area contributed by atoms with Gasteiger partial charge < -0.3 is 10.4 Å². The summed E-state index contributed by atoms with van der Waals surface area (Å²) in [6.07, 6.45) is 2.14. The second kappa shape index (κ2) is 2.44. The van der Waals surface area contributed by atoms with Gasteiger partial charge in [0.1, 0.15) is 6.23 Å². The van der Waals surface area contributed by atoms with Gasteiger partial charge in [-0.2, -0.15) is 0 Å². The Hall–Kier alpha value is -0.120. The third kappa shape index (κ3) is 1.28. The number of nitrogens with one attached hydrogen (secondary N) is 2. The van der Waals surface area contributed by atoms with Crippen LogP contribution in [0, 0.1) is 5.41 Å². The summed E-state index contributed by atoms with van der Waals surface area (Å²) in [6.45, 7) is 4.15. The maximum atomic E-state index is 9.02. The van der Waals surface area contributed by atoms with Crippen molar-refractivity contribution in [2.75, 3.05) is 13.1 Å². The second-order valence-electron chi connectivity index (χ2n) is 4.05. The average Bonchev–Trinajstić information content (AvgIpc) is 1.71. The highest BCUT2D eigenvalue weighted by Gasteiger charge is 2.48. The van der Waals surface area contributed by atoms with E-state index in [1.54, 1.807) is 6.92 Å². The molecule has 1 heterocycles. The van der Waals surface area contributed by atoms with E-state index in [-0.39, 0.29) is 6.23 Å². The van der Waals surface area contributed by atoms with Crippen LogP contribution < -0.4 is 10.6 Å². The van der Waals surface area contributed by atoms with E-state index in [1.807, 2.05) is 0 Å². The molecule has 0 aromatic rings. The number of hydrogen-bond acceptors (Lipinski definition) is 3. The lowest BCUT2D eigenvalue weighted by atomic mass is 9.61. The highest BCUT2D eigenvalue weighted by Crippen LogP contribution is 2.44. The molecule has 3 nitrogen and oxygen atoms in total. The number of rotatable bonds is 2. The fourth-order valence-corrected chi connectivity index (χ4v) is 2.21. The van der Waals surface area contributed by atoms with Gasteiger partial charge in [0.15, 0.2) is 0 Å². The van der Waals surface area contributed by atoms with Gasteiger partial charge in [-0.05, 0) is 25.2 Å². The van der Waals surface area contributed by atoms with Crippen LogP contribution in [0.2, 0.25) is 0 Å².